The van der Waals surface area contributed by atoms with Gasteiger partial charge < -0.3 is 4.57 Å². The molecule has 2 nitrogen and oxygen atoms in total. The number of fused-ring (bicyclic) bond motifs is 6. The molecule has 0 spiro atoms. The van der Waals surface area contributed by atoms with Gasteiger partial charge in [-0.25, -0.2) is 0 Å². The topological polar surface area (TPSA) is 17.8 Å². The van der Waals surface area contributed by atoms with Crippen LogP contribution in [0.5, 0.6) is 0 Å². The summed E-state index contributed by atoms with van der Waals surface area (Å²) in [5.74, 6) is 0. The van der Waals surface area contributed by atoms with E-state index >= 15 is 0 Å². The van der Waals surface area contributed by atoms with Crippen molar-refractivity contribution >= 4 is 53.4 Å². The predicted molar refractivity (Wildman–Crippen MR) is 162 cm³/mol. The van der Waals surface area contributed by atoms with Gasteiger partial charge in [0.05, 0.1) is 21.3 Å². The molecule has 0 N–H and O–H groups in total. The van der Waals surface area contributed by atoms with E-state index in [0.717, 1.165) is 5.52 Å². The van der Waals surface area contributed by atoms with Crippen LogP contribution in [0.15, 0.2) is 134 Å². The normalized spacial score (nSPS) is 11.7. The first-order valence-electron chi connectivity index (χ1n) is 12.8. The second-order valence-corrected chi connectivity index (χ2v) is 10.7. The summed E-state index contributed by atoms with van der Waals surface area (Å²) < 4.78 is 4.87. The van der Waals surface area contributed by atoms with Crippen molar-refractivity contribution in [3.63, 3.8) is 0 Å². The van der Waals surface area contributed by atoms with Gasteiger partial charge in [0.15, 0.2) is 0 Å². The molecule has 0 atom stereocenters. The Labute approximate surface area is 224 Å². The van der Waals surface area contributed by atoms with Crippen LogP contribution < -0.4 is 0 Å². The lowest BCUT2D eigenvalue weighted by Crippen LogP contribution is -1.94. The third kappa shape index (κ3) is 3.22. The Balaban J connectivity index is 1.26. The molecular weight excluding hydrogens is 480 g/mol. The zero-order valence-electron chi connectivity index (χ0n) is 20.5. The molecule has 0 fully saturated rings. The van der Waals surface area contributed by atoms with Crippen molar-refractivity contribution in [2.24, 2.45) is 0 Å². The van der Waals surface area contributed by atoms with Crippen LogP contribution in [-0.2, 0) is 0 Å². The first kappa shape index (κ1) is 21.4. The molecule has 178 valence electrons. The second kappa shape index (κ2) is 8.41. The van der Waals surface area contributed by atoms with Crippen molar-refractivity contribution in [3.05, 3.63) is 134 Å². The number of thiophene rings is 1. The number of rotatable bonds is 3. The van der Waals surface area contributed by atoms with Crippen molar-refractivity contribution < 1.29 is 0 Å². The number of pyridine rings is 1. The van der Waals surface area contributed by atoms with Gasteiger partial charge in [0.1, 0.15) is 0 Å². The number of nitrogens with zero attached hydrogens (tertiary/aromatic N) is 2. The lowest BCUT2D eigenvalue weighted by molar-refractivity contribution is 1.18. The number of hydrogen-bond donors (Lipinski definition) is 0. The van der Waals surface area contributed by atoms with Gasteiger partial charge in [0.2, 0.25) is 0 Å². The van der Waals surface area contributed by atoms with Gasteiger partial charge in [-0.2, -0.15) is 0 Å². The zero-order valence-corrected chi connectivity index (χ0v) is 21.3. The number of hydrogen-bond acceptors (Lipinski definition) is 2. The Morgan fingerprint density at radius 2 is 1.13 bits per heavy atom. The highest BCUT2D eigenvalue weighted by Gasteiger charge is 2.13. The minimum atomic E-state index is 1.09. The molecule has 0 radical (unpaired) electrons. The Hall–Kier alpha value is -4.73. The summed E-state index contributed by atoms with van der Waals surface area (Å²) in [6, 6.07) is 45.9. The molecule has 0 saturated carbocycles. The Morgan fingerprint density at radius 3 is 1.87 bits per heavy atom. The molecule has 38 heavy (non-hydrogen) atoms. The van der Waals surface area contributed by atoms with Gasteiger partial charge in [-0.3, -0.25) is 4.98 Å². The average Bonchev–Trinajstić information content (AvgIpc) is 3.53. The molecule has 8 rings (SSSR count). The predicted octanol–water partition coefficient (Wildman–Crippen LogP) is 9.88. The summed E-state index contributed by atoms with van der Waals surface area (Å²) in [6.45, 7) is 0. The van der Waals surface area contributed by atoms with Gasteiger partial charge in [-0.1, -0.05) is 78.9 Å². The highest BCUT2D eigenvalue weighted by molar-refractivity contribution is 7.25. The van der Waals surface area contributed by atoms with Gasteiger partial charge in [-0.05, 0) is 70.8 Å². The molecule has 3 aromatic heterocycles. The van der Waals surface area contributed by atoms with Gasteiger partial charge >= 0.3 is 0 Å². The Bertz CT molecular complexity index is 2080. The van der Waals surface area contributed by atoms with E-state index in [-0.39, 0.29) is 0 Å². The third-order valence-corrected chi connectivity index (χ3v) is 8.61. The maximum atomic E-state index is 4.67. The van der Waals surface area contributed by atoms with Gasteiger partial charge in [0.25, 0.3) is 0 Å². The maximum Gasteiger partial charge on any atom is 0.0888 e. The molecule has 5 aromatic carbocycles. The van der Waals surface area contributed by atoms with E-state index in [0.29, 0.717) is 0 Å². The summed E-state index contributed by atoms with van der Waals surface area (Å²) in [5, 5.41) is 3.78. The quantitative estimate of drug-likeness (QED) is 0.235. The molecule has 3 heteroatoms. The van der Waals surface area contributed by atoms with E-state index in [4.69, 9.17) is 0 Å². The van der Waals surface area contributed by atoms with Crippen LogP contribution in [0.1, 0.15) is 0 Å². The van der Waals surface area contributed by atoms with Crippen LogP contribution in [0.4, 0.5) is 0 Å². The van der Waals surface area contributed by atoms with Crippen LogP contribution in [0.25, 0.3) is 70.0 Å². The zero-order chi connectivity index (χ0) is 25.1. The van der Waals surface area contributed by atoms with Crippen molar-refractivity contribution in [2.45, 2.75) is 0 Å². The van der Waals surface area contributed by atoms with Crippen LogP contribution >= 0.6 is 11.3 Å². The molecule has 0 bridgehead atoms. The third-order valence-electron chi connectivity index (χ3n) is 7.48. The van der Waals surface area contributed by atoms with E-state index < -0.39 is 0 Å². The highest BCUT2D eigenvalue weighted by Crippen LogP contribution is 2.39. The summed E-state index contributed by atoms with van der Waals surface area (Å²) in [4.78, 5) is 4.67. The fourth-order valence-electron chi connectivity index (χ4n) is 5.74. The van der Waals surface area contributed by atoms with E-state index in [1.165, 1.54) is 64.5 Å². The van der Waals surface area contributed by atoms with Crippen LogP contribution in [0.3, 0.4) is 0 Å². The van der Waals surface area contributed by atoms with E-state index in [2.05, 4.69) is 131 Å². The van der Waals surface area contributed by atoms with Crippen LogP contribution in [0.2, 0.25) is 0 Å². The van der Waals surface area contributed by atoms with Crippen LogP contribution in [-0.4, -0.2) is 9.55 Å². The summed E-state index contributed by atoms with van der Waals surface area (Å²) in [5.41, 5.74) is 9.59. The van der Waals surface area contributed by atoms with Crippen molar-refractivity contribution in [1.82, 2.24) is 9.55 Å². The summed E-state index contributed by atoms with van der Waals surface area (Å²) in [6.07, 6.45) is 1.88. The first-order chi connectivity index (χ1) is 18.8. The van der Waals surface area contributed by atoms with Crippen molar-refractivity contribution in [2.75, 3.05) is 0 Å². The second-order valence-electron chi connectivity index (χ2n) is 9.63. The fraction of sp³-hybridized carbons (Fsp3) is 0. The minimum absolute atomic E-state index is 1.09. The molecule has 0 saturated heterocycles. The molecule has 0 aliphatic carbocycles. The summed E-state index contributed by atoms with van der Waals surface area (Å²) in [7, 11) is 0. The maximum absolute atomic E-state index is 4.67. The van der Waals surface area contributed by atoms with Crippen molar-refractivity contribution in [1.29, 1.82) is 0 Å². The van der Waals surface area contributed by atoms with Gasteiger partial charge in [0, 0.05) is 32.7 Å². The SMILES string of the molecule is c1ccc(-c2ccc3sc4cccnc4c3c2)c(-c2ccc(-n3c4ccccc4c4ccccc43)cc2)c1. The largest absolute Gasteiger partial charge is 0.309 e. The number of benzene rings is 5. The minimum Gasteiger partial charge on any atom is -0.309 e. The molecule has 0 unspecified atom stereocenters. The van der Waals surface area contributed by atoms with E-state index in [1.807, 2.05) is 12.3 Å². The number of aromatic nitrogens is 2. The molecule has 0 aliphatic heterocycles. The van der Waals surface area contributed by atoms with E-state index in [1.54, 1.807) is 11.3 Å². The Kier molecular flexibility index (Phi) is 4.73. The Morgan fingerprint density at radius 1 is 0.500 bits per heavy atom. The monoisotopic (exact) mass is 502 g/mol. The average molecular weight is 503 g/mol. The van der Waals surface area contributed by atoms with Crippen molar-refractivity contribution in [3.8, 4) is 27.9 Å². The summed E-state index contributed by atoms with van der Waals surface area (Å²) >= 11 is 1.80. The van der Waals surface area contributed by atoms with Gasteiger partial charge in [-0.15, -0.1) is 11.3 Å². The fourth-order valence-corrected chi connectivity index (χ4v) is 6.79. The molecule has 0 aliphatic rings. The first-order valence-corrected chi connectivity index (χ1v) is 13.6. The smallest absolute Gasteiger partial charge is 0.0888 e. The standard InChI is InChI=1S/C35H22N2S/c1-2-9-27(24-17-20-33-30(22-24)35-34(38-33)14-7-21-36-35)26(8-1)23-15-18-25(19-16-23)37-31-12-5-3-10-28(31)29-11-4-6-13-32(29)37/h1-22H. The molecule has 3 heterocycles. The molecule has 0 amide bonds. The van der Waals surface area contributed by atoms with E-state index in [9.17, 15) is 0 Å². The van der Waals surface area contributed by atoms with Crippen LogP contribution in [0, 0.1) is 0 Å². The number of para-hydroxylation sites is 2. The molecule has 8 aromatic rings. The lowest BCUT2D eigenvalue weighted by atomic mass is 9.94. The molecular formula is C35H22N2S. The highest BCUT2D eigenvalue weighted by atomic mass is 32.1. The lowest BCUT2D eigenvalue weighted by Gasteiger charge is -2.13.